The molecule has 2 aliphatic heterocycles. The van der Waals surface area contributed by atoms with E-state index in [0.29, 0.717) is 29.9 Å². The lowest BCUT2D eigenvalue weighted by Crippen LogP contribution is -2.69. The molecule has 1 saturated heterocycles. The fourth-order valence-corrected chi connectivity index (χ4v) is 9.53. The van der Waals surface area contributed by atoms with Crippen molar-refractivity contribution in [3.63, 3.8) is 0 Å². The summed E-state index contributed by atoms with van der Waals surface area (Å²) in [6, 6.07) is 4.01. The third-order valence-electron chi connectivity index (χ3n) is 9.53. The number of piperidine rings is 1. The number of halogens is 1. The first-order valence-electron chi connectivity index (χ1n) is 14.8. The number of esters is 1. The van der Waals surface area contributed by atoms with Crippen molar-refractivity contribution in [2.24, 2.45) is 11.8 Å². The second kappa shape index (κ2) is 11.5. The maximum absolute atomic E-state index is 14.0. The molecule has 7 nitrogen and oxygen atoms in total. The summed E-state index contributed by atoms with van der Waals surface area (Å²) >= 11 is 5.11. The van der Waals surface area contributed by atoms with E-state index < -0.39 is 0 Å². The Labute approximate surface area is 260 Å². The lowest BCUT2D eigenvalue weighted by molar-refractivity contribution is -0.138. The molecule has 224 valence electrons. The molecule has 0 radical (unpaired) electrons. The average Bonchev–Trinajstić information content (AvgIpc) is 3.52. The van der Waals surface area contributed by atoms with Crippen LogP contribution < -0.4 is 14.2 Å². The summed E-state index contributed by atoms with van der Waals surface area (Å²) in [6.45, 7) is 12.2. The third kappa shape index (κ3) is 4.81. The number of nitrogens with zero attached hydrogens (tertiary/aromatic N) is 2. The van der Waals surface area contributed by atoms with Gasteiger partial charge in [-0.3, -0.25) is 14.5 Å². The molecule has 2 aromatic rings. The van der Waals surface area contributed by atoms with Gasteiger partial charge in [-0.1, -0.05) is 19.9 Å². The van der Waals surface area contributed by atoms with Gasteiger partial charge in [0, 0.05) is 69.5 Å². The van der Waals surface area contributed by atoms with Crippen LogP contribution in [0.25, 0.3) is 6.08 Å². The van der Waals surface area contributed by atoms with Gasteiger partial charge in [0.05, 0.1) is 13.2 Å². The molecule has 4 aliphatic rings. The van der Waals surface area contributed by atoms with Gasteiger partial charge in [0.15, 0.2) is 11.5 Å². The second-order valence-corrected chi connectivity index (χ2v) is 14.2. The number of amides is 1. The number of likely N-dealkylation sites (tertiary alicyclic amines) is 1. The molecular weight excluding hydrogens is 616 g/mol. The summed E-state index contributed by atoms with van der Waals surface area (Å²) < 4.78 is 19.7. The molecule has 1 aromatic carbocycles. The van der Waals surface area contributed by atoms with Crippen molar-refractivity contribution in [3.8, 4) is 17.2 Å². The minimum atomic E-state index is -0.351. The van der Waals surface area contributed by atoms with Crippen LogP contribution in [0, 0.1) is 11.8 Å². The van der Waals surface area contributed by atoms with E-state index in [-0.39, 0.29) is 35.5 Å². The maximum Gasteiger partial charge on any atom is 0.308 e. The highest BCUT2D eigenvalue weighted by atomic mass is 79.9. The normalized spacial score (nSPS) is 27.5. The SMILES string of the molecule is C=CCN1CC[C@]23c4c5c(OC(C)=O)cc(OC)c4O[C@H]2[C@@H](N(CC(C)C)C(=O)/C=C/c2cc(Br)cs2)CC[C@H]3[C@H]1C5. The third-order valence-corrected chi connectivity index (χ3v) is 11.2. The summed E-state index contributed by atoms with van der Waals surface area (Å²) in [5.74, 6) is 2.22. The first-order chi connectivity index (χ1) is 20.2. The van der Waals surface area contributed by atoms with Gasteiger partial charge in [-0.25, -0.2) is 0 Å². The number of thiophene rings is 1. The van der Waals surface area contributed by atoms with E-state index in [0.717, 1.165) is 65.0 Å². The molecule has 5 atom stereocenters. The van der Waals surface area contributed by atoms with Crippen LogP contribution in [0.5, 0.6) is 17.2 Å². The Morgan fingerprint density at radius 2 is 2.12 bits per heavy atom. The van der Waals surface area contributed by atoms with Crippen molar-refractivity contribution < 1.29 is 23.8 Å². The summed E-state index contributed by atoms with van der Waals surface area (Å²) in [5.41, 5.74) is 1.89. The van der Waals surface area contributed by atoms with Crippen LogP contribution in [0.1, 0.15) is 56.0 Å². The highest BCUT2D eigenvalue weighted by molar-refractivity contribution is 9.10. The molecule has 0 N–H and O–H groups in total. The summed E-state index contributed by atoms with van der Waals surface area (Å²) in [7, 11) is 1.63. The number of carbonyl (C=O) groups is 2. The Balaban J connectivity index is 1.46. The zero-order valence-corrected chi connectivity index (χ0v) is 27.1. The van der Waals surface area contributed by atoms with E-state index in [1.165, 1.54) is 6.92 Å². The summed E-state index contributed by atoms with van der Waals surface area (Å²) in [5, 5.41) is 2.02. The van der Waals surface area contributed by atoms with Gasteiger partial charge in [-0.15, -0.1) is 17.9 Å². The van der Waals surface area contributed by atoms with Crippen molar-refractivity contribution >= 4 is 45.2 Å². The number of benzene rings is 1. The summed E-state index contributed by atoms with van der Waals surface area (Å²) in [6.07, 6.45) is 8.94. The predicted octanol–water partition coefficient (Wildman–Crippen LogP) is 6.24. The number of rotatable bonds is 9. The number of ether oxygens (including phenoxy) is 3. The quantitative estimate of drug-likeness (QED) is 0.138. The van der Waals surface area contributed by atoms with Gasteiger partial charge in [-0.05, 0) is 72.1 Å². The van der Waals surface area contributed by atoms with E-state index in [4.69, 9.17) is 14.2 Å². The highest BCUT2D eigenvalue weighted by Gasteiger charge is 2.67. The first-order valence-corrected chi connectivity index (χ1v) is 16.5. The Morgan fingerprint density at radius 1 is 1.31 bits per heavy atom. The van der Waals surface area contributed by atoms with Crippen LogP contribution in [0.3, 0.4) is 0 Å². The highest BCUT2D eigenvalue weighted by Crippen LogP contribution is 2.65. The van der Waals surface area contributed by atoms with Gasteiger partial charge in [-0.2, -0.15) is 0 Å². The molecule has 1 spiro atoms. The van der Waals surface area contributed by atoms with Gasteiger partial charge >= 0.3 is 5.97 Å². The predicted molar refractivity (Wildman–Crippen MR) is 168 cm³/mol. The first kappa shape index (κ1) is 29.5. The average molecular weight is 656 g/mol. The number of methoxy groups -OCH3 is 1. The lowest BCUT2D eigenvalue weighted by Gasteiger charge is -2.60. The van der Waals surface area contributed by atoms with Crippen LogP contribution in [-0.2, 0) is 21.4 Å². The van der Waals surface area contributed by atoms with E-state index in [2.05, 4.69) is 46.2 Å². The van der Waals surface area contributed by atoms with Crippen LogP contribution >= 0.6 is 27.3 Å². The van der Waals surface area contributed by atoms with Crippen molar-refractivity contribution in [3.05, 3.63) is 56.7 Å². The van der Waals surface area contributed by atoms with E-state index in [1.807, 2.05) is 29.7 Å². The topological polar surface area (TPSA) is 68.3 Å². The molecule has 42 heavy (non-hydrogen) atoms. The molecule has 2 bridgehead atoms. The van der Waals surface area contributed by atoms with E-state index >= 15 is 0 Å². The van der Waals surface area contributed by atoms with Crippen molar-refractivity contribution in [2.45, 2.75) is 70.1 Å². The molecule has 1 amide bonds. The molecule has 1 aromatic heterocycles. The number of carbonyl (C=O) groups excluding carboxylic acids is 2. The molecular formula is C33H39BrN2O5S. The second-order valence-electron chi connectivity index (χ2n) is 12.4. The Hall–Kier alpha value is -2.62. The van der Waals surface area contributed by atoms with E-state index in [9.17, 15) is 9.59 Å². The van der Waals surface area contributed by atoms with Crippen LogP contribution in [0.4, 0.5) is 0 Å². The van der Waals surface area contributed by atoms with Crippen molar-refractivity contribution in [1.82, 2.24) is 9.80 Å². The lowest BCUT2D eigenvalue weighted by atomic mass is 9.50. The van der Waals surface area contributed by atoms with Crippen molar-refractivity contribution in [1.29, 1.82) is 0 Å². The molecule has 2 aliphatic carbocycles. The van der Waals surface area contributed by atoms with E-state index in [1.54, 1.807) is 24.5 Å². The smallest absolute Gasteiger partial charge is 0.308 e. The molecule has 0 unspecified atom stereocenters. The Kier molecular flexibility index (Phi) is 8.04. The molecule has 9 heteroatoms. The Morgan fingerprint density at radius 3 is 2.79 bits per heavy atom. The van der Waals surface area contributed by atoms with Crippen LogP contribution in [-0.4, -0.2) is 66.6 Å². The molecule has 2 fully saturated rings. The summed E-state index contributed by atoms with van der Waals surface area (Å²) in [4.78, 5) is 31.8. The van der Waals surface area contributed by atoms with Crippen LogP contribution in [0.15, 0.2) is 40.7 Å². The fraction of sp³-hybridized carbons (Fsp3) is 0.515. The zero-order valence-electron chi connectivity index (χ0n) is 24.7. The van der Waals surface area contributed by atoms with Gasteiger partial charge in [0.25, 0.3) is 0 Å². The monoisotopic (exact) mass is 654 g/mol. The largest absolute Gasteiger partial charge is 0.493 e. The van der Waals surface area contributed by atoms with Gasteiger partial charge in [0.2, 0.25) is 5.91 Å². The minimum Gasteiger partial charge on any atom is -0.493 e. The molecule has 1 saturated carbocycles. The van der Waals surface area contributed by atoms with Crippen molar-refractivity contribution in [2.75, 3.05) is 26.7 Å². The molecule has 6 rings (SSSR count). The maximum atomic E-state index is 14.0. The molecule has 3 heterocycles. The fourth-order valence-electron chi connectivity index (χ4n) is 8.19. The van der Waals surface area contributed by atoms with Gasteiger partial charge in [0.1, 0.15) is 11.9 Å². The van der Waals surface area contributed by atoms with Crippen LogP contribution in [0.2, 0.25) is 0 Å². The minimum absolute atomic E-state index is 0.0110. The number of hydrogen-bond acceptors (Lipinski definition) is 7. The zero-order chi connectivity index (χ0) is 29.8. The number of hydrogen-bond donors (Lipinski definition) is 0. The van der Waals surface area contributed by atoms with Gasteiger partial charge < -0.3 is 19.1 Å². The standard InChI is InChI=1S/C33H39BrN2O5S/c1-6-12-35-13-11-33-24-8-9-25(36(17-19(2)3)29(38)10-7-22-14-21(34)18-42-22)32(33)41-31-28(39-5)16-27(40-20(4)37)23(30(31)33)15-26(24)35/h6-7,10,14,16,18-19,24-26,32H,1,8-9,11-13,15,17H2,2-5H3/b10-7+/t24-,25-,26+,32-,33-/m0/s1. The Bertz CT molecular complexity index is 1440.